The van der Waals surface area contributed by atoms with E-state index in [1.54, 1.807) is 18.2 Å². The molecule has 5 rings (SSSR count). The van der Waals surface area contributed by atoms with Gasteiger partial charge in [0.25, 0.3) is 0 Å². The lowest BCUT2D eigenvalue weighted by Crippen LogP contribution is -2.58. The Bertz CT molecular complexity index is 1020. The molecule has 3 heterocycles. The van der Waals surface area contributed by atoms with Gasteiger partial charge in [0.15, 0.2) is 0 Å². The van der Waals surface area contributed by atoms with Crippen molar-refractivity contribution in [3.63, 3.8) is 0 Å². The minimum Gasteiger partial charge on any atom is -0.489 e. The molecule has 0 saturated carbocycles. The van der Waals surface area contributed by atoms with Crippen LogP contribution in [-0.2, 0) is 4.79 Å². The lowest BCUT2D eigenvalue weighted by Gasteiger charge is -2.46. The van der Waals surface area contributed by atoms with Crippen LogP contribution in [0.15, 0.2) is 36.4 Å². The fraction of sp³-hybridized carbons (Fsp3) is 0.480. The van der Waals surface area contributed by atoms with Crippen LogP contribution in [0.4, 0.5) is 15.8 Å². The number of esters is 1. The number of nitrogens with one attached hydrogen (secondary N) is 1. The van der Waals surface area contributed by atoms with E-state index in [2.05, 4.69) is 29.0 Å². The van der Waals surface area contributed by atoms with E-state index >= 15 is 0 Å². The minimum atomic E-state index is -0.344. The number of rotatable bonds is 4. The van der Waals surface area contributed by atoms with E-state index in [0.717, 1.165) is 49.6 Å². The summed E-state index contributed by atoms with van der Waals surface area (Å²) in [5, 5.41) is 3.65. The molecule has 0 aliphatic carbocycles. The monoisotopic (exact) mass is 439 g/mol. The second-order valence-electron chi connectivity index (χ2n) is 9.67. The zero-order chi connectivity index (χ0) is 22.5. The third-order valence-electron chi connectivity index (χ3n) is 6.78. The summed E-state index contributed by atoms with van der Waals surface area (Å²) in [4.78, 5) is 16.4. The standard InChI is InChI=1S/C25H30FN3O3/c1-16(30)32-20-12-21-24-22(13-20)31-15-25(2,3)29(24)23(27-21)14-28-10-8-18(9-11-28)17-4-6-19(26)7-5-17/h4-7,12-13,18,23,27H,8-11,14-15H2,1-3H3. The summed E-state index contributed by atoms with van der Waals surface area (Å²) < 4.78 is 24.6. The molecule has 0 aromatic heterocycles. The van der Waals surface area contributed by atoms with Crippen LogP contribution < -0.4 is 19.7 Å². The van der Waals surface area contributed by atoms with Crippen molar-refractivity contribution in [3.8, 4) is 11.5 Å². The van der Waals surface area contributed by atoms with Crippen LogP contribution in [0.25, 0.3) is 0 Å². The molecule has 0 radical (unpaired) electrons. The maximum atomic E-state index is 13.3. The van der Waals surface area contributed by atoms with Crippen LogP contribution in [0.5, 0.6) is 11.5 Å². The Hall–Kier alpha value is -2.80. The smallest absolute Gasteiger partial charge is 0.308 e. The first kappa shape index (κ1) is 21.1. The van der Waals surface area contributed by atoms with Crippen LogP contribution in [0.3, 0.4) is 0 Å². The number of carbonyl (C=O) groups excluding carboxylic acids is 1. The number of halogens is 1. The normalized spacial score (nSPS) is 22.1. The topological polar surface area (TPSA) is 54.0 Å². The summed E-state index contributed by atoms with van der Waals surface area (Å²) >= 11 is 0. The Morgan fingerprint density at radius 1 is 1.22 bits per heavy atom. The van der Waals surface area contributed by atoms with Crippen molar-refractivity contribution in [1.82, 2.24) is 4.90 Å². The predicted molar refractivity (Wildman–Crippen MR) is 122 cm³/mol. The van der Waals surface area contributed by atoms with E-state index in [-0.39, 0.29) is 23.5 Å². The third kappa shape index (κ3) is 3.90. The maximum absolute atomic E-state index is 13.3. The number of nitrogens with zero attached hydrogens (tertiary/aromatic N) is 2. The van der Waals surface area contributed by atoms with Gasteiger partial charge in [0.2, 0.25) is 0 Å². The summed E-state index contributed by atoms with van der Waals surface area (Å²) in [5.41, 5.74) is 3.06. The summed E-state index contributed by atoms with van der Waals surface area (Å²) in [6, 6.07) is 10.7. The van der Waals surface area contributed by atoms with Crippen LogP contribution in [0.2, 0.25) is 0 Å². The predicted octanol–water partition coefficient (Wildman–Crippen LogP) is 4.36. The Labute approximate surface area is 188 Å². The van der Waals surface area contributed by atoms with E-state index in [1.807, 2.05) is 18.2 Å². The Morgan fingerprint density at radius 2 is 1.94 bits per heavy atom. The van der Waals surface area contributed by atoms with Crippen molar-refractivity contribution in [2.24, 2.45) is 0 Å². The number of piperidine rings is 1. The lowest BCUT2D eigenvalue weighted by atomic mass is 9.89. The zero-order valence-corrected chi connectivity index (χ0v) is 18.9. The van der Waals surface area contributed by atoms with Crippen molar-refractivity contribution in [2.75, 3.05) is 36.5 Å². The van der Waals surface area contributed by atoms with E-state index in [0.29, 0.717) is 18.3 Å². The first-order valence-corrected chi connectivity index (χ1v) is 11.3. The zero-order valence-electron chi connectivity index (χ0n) is 18.9. The third-order valence-corrected chi connectivity index (χ3v) is 6.78. The molecule has 0 spiro atoms. The fourth-order valence-electron chi connectivity index (χ4n) is 5.28. The fourth-order valence-corrected chi connectivity index (χ4v) is 5.28. The van der Waals surface area contributed by atoms with Gasteiger partial charge < -0.3 is 19.7 Å². The molecule has 1 N–H and O–H groups in total. The second kappa shape index (κ2) is 7.96. The van der Waals surface area contributed by atoms with E-state index < -0.39 is 0 Å². The number of ether oxygens (including phenoxy) is 2. The lowest BCUT2D eigenvalue weighted by molar-refractivity contribution is -0.131. The Morgan fingerprint density at radius 3 is 2.62 bits per heavy atom. The number of anilines is 2. The van der Waals surface area contributed by atoms with Gasteiger partial charge in [-0.1, -0.05) is 12.1 Å². The SMILES string of the molecule is CC(=O)Oc1cc2c3c(c1)OCC(C)(C)N3C(CN1CCC(c3ccc(F)cc3)CC1)N2. The molecule has 3 aliphatic rings. The number of carbonyl (C=O) groups is 1. The first-order chi connectivity index (χ1) is 15.3. The van der Waals surface area contributed by atoms with Gasteiger partial charge >= 0.3 is 5.97 Å². The molecule has 7 heteroatoms. The summed E-state index contributed by atoms with van der Waals surface area (Å²) in [6.45, 7) is 9.26. The molecule has 32 heavy (non-hydrogen) atoms. The van der Waals surface area contributed by atoms with Crippen LogP contribution >= 0.6 is 0 Å². The number of likely N-dealkylation sites (tertiary alicyclic amines) is 1. The number of hydrogen-bond acceptors (Lipinski definition) is 6. The summed E-state index contributed by atoms with van der Waals surface area (Å²) in [7, 11) is 0. The first-order valence-electron chi connectivity index (χ1n) is 11.3. The van der Waals surface area contributed by atoms with Crippen LogP contribution in [-0.4, -0.2) is 48.8 Å². The minimum absolute atomic E-state index is 0.109. The highest BCUT2D eigenvalue weighted by atomic mass is 19.1. The highest BCUT2D eigenvalue weighted by molar-refractivity contribution is 5.86. The summed E-state index contributed by atoms with van der Waals surface area (Å²) in [5.74, 6) is 1.21. The van der Waals surface area contributed by atoms with Gasteiger partial charge in [-0.25, -0.2) is 4.39 Å². The van der Waals surface area contributed by atoms with Gasteiger partial charge in [0, 0.05) is 25.6 Å². The van der Waals surface area contributed by atoms with E-state index in [9.17, 15) is 9.18 Å². The average molecular weight is 440 g/mol. The molecule has 1 unspecified atom stereocenters. The van der Waals surface area contributed by atoms with E-state index in [1.165, 1.54) is 12.5 Å². The molecule has 1 atom stereocenters. The molecule has 0 amide bonds. The van der Waals surface area contributed by atoms with Crippen molar-refractivity contribution < 1.29 is 18.7 Å². The Balaban J connectivity index is 1.31. The molecular weight excluding hydrogens is 409 g/mol. The van der Waals surface area contributed by atoms with Gasteiger partial charge in [-0.3, -0.25) is 9.69 Å². The molecule has 2 aromatic carbocycles. The molecule has 1 fully saturated rings. The maximum Gasteiger partial charge on any atom is 0.308 e. The van der Waals surface area contributed by atoms with Crippen molar-refractivity contribution >= 4 is 17.3 Å². The van der Waals surface area contributed by atoms with Gasteiger partial charge in [-0.15, -0.1) is 0 Å². The molecular formula is C25H30FN3O3. The highest BCUT2D eigenvalue weighted by Gasteiger charge is 2.45. The van der Waals surface area contributed by atoms with Crippen molar-refractivity contribution in [3.05, 3.63) is 47.8 Å². The molecule has 2 aromatic rings. The molecule has 0 bridgehead atoms. The second-order valence-corrected chi connectivity index (χ2v) is 9.67. The van der Waals surface area contributed by atoms with Gasteiger partial charge in [0.1, 0.15) is 35.8 Å². The quantitative estimate of drug-likeness (QED) is 0.564. The Kier molecular flexibility index (Phi) is 5.24. The van der Waals surface area contributed by atoms with Gasteiger partial charge in [-0.05, 0) is 63.4 Å². The largest absolute Gasteiger partial charge is 0.489 e. The van der Waals surface area contributed by atoms with Crippen molar-refractivity contribution in [2.45, 2.75) is 51.2 Å². The number of hydrogen-bond donors (Lipinski definition) is 1. The van der Waals surface area contributed by atoms with Crippen LogP contribution in [0, 0.1) is 5.82 Å². The van der Waals surface area contributed by atoms with Gasteiger partial charge in [-0.2, -0.15) is 0 Å². The molecule has 3 aliphatic heterocycles. The molecule has 1 saturated heterocycles. The number of benzene rings is 2. The molecule has 6 nitrogen and oxygen atoms in total. The van der Waals surface area contributed by atoms with E-state index in [4.69, 9.17) is 9.47 Å². The van der Waals surface area contributed by atoms with Crippen molar-refractivity contribution in [1.29, 1.82) is 0 Å². The van der Waals surface area contributed by atoms with Gasteiger partial charge in [0.05, 0.1) is 11.2 Å². The average Bonchev–Trinajstić information content (AvgIpc) is 3.11. The highest BCUT2D eigenvalue weighted by Crippen LogP contribution is 2.51. The molecule has 170 valence electrons. The summed E-state index contributed by atoms with van der Waals surface area (Å²) in [6.07, 6.45) is 2.25. The van der Waals surface area contributed by atoms with Crippen LogP contribution in [0.1, 0.15) is 45.1 Å².